The fourth-order valence-electron chi connectivity index (χ4n) is 4.22. The van der Waals surface area contributed by atoms with Crippen molar-refractivity contribution < 1.29 is 4.74 Å². The molecule has 0 aromatic heterocycles. The van der Waals surface area contributed by atoms with Crippen molar-refractivity contribution in [1.29, 1.82) is 0 Å². The third-order valence-corrected chi connectivity index (χ3v) is 6.58. The Balaban J connectivity index is 1.39. The zero-order valence-electron chi connectivity index (χ0n) is 18.3. The number of nitrogens with one attached hydrogen (secondary N) is 2. The molecule has 0 unspecified atom stereocenters. The average Bonchev–Trinajstić information content (AvgIpc) is 3.34. The Labute approximate surface area is 209 Å². The van der Waals surface area contributed by atoms with Crippen LogP contribution in [0.15, 0.2) is 66.7 Å². The molecule has 0 atom stereocenters. The van der Waals surface area contributed by atoms with Crippen LogP contribution in [-0.2, 0) is 6.42 Å². The van der Waals surface area contributed by atoms with Crippen molar-refractivity contribution in [2.45, 2.75) is 25.9 Å². The maximum absolute atomic E-state index is 6.12. The lowest BCUT2D eigenvalue weighted by molar-refractivity contribution is 0.138. The Morgan fingerprint density at radius 2 is 1.61 bits per heavy atom. The van der Waals surface area contributed by atoms with E-state index in [0.717, 1.165) is 40.3 Å². The minimum atomic E-state index is -0.178. The normalized spacial score (nSPS) is 16.3. The summed E-state index contributed by atoms with van der Waals surface area (Å²) in [6.07, 6.45) is 0.871. The van der Waals surface area contributed by atoms with Gasteiger partial charge in [0, 0.05) is 33.3 Å². The molecule has 2 heterocycles. The number of nitrogens with zero attached hydrogens (tertiary/aromatic N) is 1. The number of ether oxygens (including phenoxy) is 1. The van der Waals surface area contributed by atoms with Crippen molar-refractivity contribution in [2.24, 2.45) is 0 Å². The number of benzene rings is 3. The Morgan fingerprint density at radius 3 is 2.27 bits per heavy atom. The van der Waals surface area contributed by atoms with Crippen LogP contribution in [0, 0.1) is 0 Å². The predicted octanol–water partition coefficient (Wildman–Crippen LogP) is 6.79. The zero-order valence-corrected chi connectivity index (χ0v) is 20.6. The van der Waals surface area contributed by atoms with E-state index in [0.29, 0.717) is 21.7 Å². The van der Waals surface area contributed by atoms with Gasteiger partial charge < -0.3 is 10.1 Å². The topological polar surface area (TPSA) is 36.5 Å². The van der Waals surface area contributed by atoms with Crippen LogP contribution < -0.4 is 15.5 Å². The van der Waals surface area contributed by atoms with Gasteiger partial charge in [0.1, 0.15) is 11.4 Å². The fraction of sp³-hybridized carbons (Fsp3) is 0.192. The van der Waals surface area contributed by atoms with Gasteiger partial charge in [-0.25, -0.2) is 0 Å². The van der Waals surface area contributed by atoms with Crippen molar-refractivity contribution in [2.75, 3.05) is 11.9 Å². The monoisotopic (exact) mass is 495 g/mol. The molecule has 0 aliphatic carbocycles. The molecule has 2 aliphatic heterocycles. The first-order valence-electron chi connectivity index (χ1n) is 10.7. The fourth-order valence-corrected chi connectivity index (χ4v) is 4.70. The van der Waals surface area contributed by atoms with Crippen molar-refractivity contribution in [3.8, 4) is 5.75 Å². The molecule has 0 radical (unpaired) electrons. The molecule has 7 heteroatoms. The van der Waals surface area contributed by atoms with Crippen molar-refractivity contribution in [3.63, 3.8) is 0 Å². The molecule has 2 N–H and O–H groups in total. The lowest BCUT2D eigenvalue weighted by Crippen LogP contribution is -2.40. The van der Waals surface area contributed by atoms with E-state index in [1.54, 1.807) is 0 Å². The molecule has 0 saturated heterocycles. The summed E-state index contributed by atoms with van der Waals surface area (Å²) < 4.78 is 5.99. The van der Waals surface area contributed by atoms with Gasteiger partial charge in [-0.05, 0) is 79.7 Å². The highest BCUT2D eigenvalue weighted by molar-refractivity contribution is 7.80. The second-order valence-electron chi connectivity index (χ2n) is 8.86. The van der Waals surface area contributed by atoms with Gasteiger partial charge in [0.15, 0.2) is 5.11 Å². The van der Waals surface area contributed by atoms with Gasteiger partial charge in [-0.2, -0.15) is 0 Å². The highest BCUT2D eigenvalue weighted by Crippen LogP contribution is 2.37. The summed E-state index contributed by atoms with van der Waals surface area (Å²) in [4.78, 5) is 0. The molecule has 4 nitrogen and oxygen atoms in total. The van der Waals surface area contributed by atoms with E-state index in [1.807, 2.05) is 65.7 Å². The second kappa shape index (κ2) is 8.56. The molecule has 5 rings (SSSR count). The summed E-state index contributed by atoms with van der Waals surface area (Å²) in [5.74, 6) is 0.937. The minimum absolute atomic E-state index is 0.178. The highest BCUT2D eigenvalue weighted by atomic mass is 35.5. The van der Waals surface area contributed by atoms with Gasteiger partial charge in [0.05, 0.1) is 12.2 Å². The first-order chi connectivity index (χ1) is 15.8. The van der Waals surface area contributed by atoms with Crippen molar-refractivity contribution >= 4 is 57.5 Å². The van der Waals surface area contributed by atoms with Crippen LogP contribution in [0.1, 0.15) is 30.5 Å². The van der Waals surface area contributed by atoms with Crippen molar-refractivity contribution in [1.82, 2.24) is 10.4 Å². The molecule has 0 amide bonds. The van der Waals surface area contributed by atoms with E-state index in [4.69, 9.17) is 40.2 Å². The molecule has 0 spiro atoms. The van der Waals surface area contributed by atoms with E-state index in [2.05, 4.69) is 30.7 Å². The minimum Gasteiger partial charge on any atom is -0.487 e. The van der Waals surface area contributed by atoms with Gasteiger partial charge in [-0.15, -0.1) is 0 Å². The Kier molecular flexibility index (Phi) is 5.73. The van der Waals surface area contributed by atoms with Crippen LogP contribution in [0.5, 0.6) is 5.75 Å². The number of halogens is 2. The van der Waals surface area contributed by atoms with E-state index in [9.17, 15) is 0 Å². The Bertz CT molecular complexity index is 1200. The van der Waals surface area contributed by atoms with Gasteiger partial charge in [0.25, 0.3) is 0 Å². The van der Waals surface area contributed by atoms with Crippen LogP contribution >= 0.6 is 35.4 Å². The quantitative estimate of drug-likeness (QED) is 0.391. The van der Waals surface area contributed by atoms with Gasteiger partial charge >= 0.3 is 0 Å². The van der Waals surface area contributed by atoms with Crippen LogP contribution in [0.2, 0.25) is 10.0 Å². The van der Waals surface area contributed by atoms with Crippen LogP contribution in [0.25, 0.3) is 11.3 Å². The number of hydrazine groups is 1. The molecule has 3 aromatic rings. The van der Waals surface area contributed by atoms with E-state index < -0.39 is 0 Å². The molecule has 0 fully saturated rings. The smallest absolute Gasteiger partial charge is 0.192 e. The first kappa shape index (κ1) is 22.1. The molecule has 33 heavy (non-hydrogen) atoms. The standard InChI is InChI=1S/C26H23Cl2N3OS/c1-26(2)14-18-13-21(11-12-23(18)32-26)29-25(33)31-15-22(16-3-7-19(27)8-4-16)24(30-31)17-5-9-20(28)10-6-17/h3-13,30H,14-15H2,1-2H3,(H,29,33). The number of hydrogen-bond donors (Lipinski definition) is 2. The maximum atomic E-state index is 6.12. The van der Waals surface area contributed by atoms with Gasteiger partial charge in [-0.3, -0.25) is 10.4 Å². The summed E-state index contributed by atoms with van der Waals surface area (Å²) in [5.41, 5.74) is 9.66. The SMILES string of the molecule is CC1(C)Cc2cc(NC(=S)N3CC(c4ccc(Cl)cc4)=C(c4ccc(Cl)cc4)N3)ccc2O1. The number of thiocarbonyl (C=S) groups is 1. The molecule has 0 bridgehead atoms. The van der Waals surface area contributed by atoms with Crippen LogP contribution in [0.4, 0.5) is 5.69 Å². The average molecular weight is 496 g/mol. The van der Waals surface area contributed by atoms with Gasteiger partial charge in [0.2, 0.25) is 0 Å². The lowest BCUT2D eigenvalue weighted by Gasteiger charge is -2.22. The highest BCUT2D eigenvalue weighted by Gasteiger charge is 2.30. The summed E-state index contributed by atoms with van der Waals surface area (Å²) in [7, 11) is 0. The number of anilines is 1. The summed E-state index contributed by atoms with van der Waals surface area (Å²) >= 11 is 18.0. The van der Waals surface area contributed by atoms with E-state index >= 15 is 0 Å². The van der Waals surface area contributed by atoms with Crippen molar-refractivity contribution in [3.05, 3.63) is 93.5 Å². The van der Waals surface area contributed by atoms with E-state index in [-0.39, 0.29) is 5.60 Å². The molecular formula is C26H23Cl2N3OS. The Hall–Kier alpha value is -2.73. The first-order valence-corrected chi connectivity index (χ1v) is 11.9. The van der Waals surface area contributed by atoms with E-state index in [1.165, 1.54) is 5.56 Å². The maximum Gasteiger partial charge on any atom is 0.192 e. The summed E-state index contributed by atoms with van der Waals surface area (Å²) in [6, 6.07) is 21.7. The Morgan fingerprint density at radius 1 is 0.970 bits per heavy atom. The largest absolute Gasteiger partial charge is 0.487 e. The molecule has 2 aliphatic rings. The number of rotatable bonds is 3. The second-order valence-corrected chi connectivity index (χ2v) is 10.1. The summed E-state index contributed by atoms with van der Waals surface area (Å²) in [5, 5.41) is 7.30. The lowest BCUT2D eigenvalue weighted by atomic mass is 10.0. The van der Waals surface area contributed by atoms with Gasteiger partial charge in [-0.1, -0.05) is 47.5 Å². The molecule has 0 saturated carbocycles. The summed E-state index contributed by atoms with van der Waals surface area (Å²) in [6.45, 7) is 4.80. The molecule has 3 aromatic carbocycles. The molecular weight excluding hydrogens is 473 g/mol. The van der Waals surface area contributed by atoms with Crippen LogP contribution in [-0.4, -0.2) is 22.3 Å². The third kappa shape index (κ3) is 4.67. The third-order valence-electron chi connectivity index (χ3n) is 5.75. The zero-order chi connectivity index (χ0) is 23.2. The number of fused-ring (bicyclic) bond motifs is 1. The van der Waals surface area contributed by atoms with Crippen LogP contribution in [0.3, 0.4) is 0 Å². The number of hydrogen-bond acceptors (Lipinski definition) is 3. The molecule has 168 valence electrons. The predicted molar refractivity (Wildman–Crippen MR) is 141 cm³/mol.